The zero-order chi connectivity index (χ0) is 22.1. The minimum Gasteiger partial charge on any atom is -0.395 e. The van der Waals surface area contributed by atoms with Gasteiger partial charge in [0.25, 0.3) is 0 Å². The van der Waals surface area contributed by atoms with E-state index >= 15 is 0 Å². The fourth-order valence-corrected chi connectivity index (χ4v) is 4.14. The smallest absolute Gasteiger partial charge is 0.0558 e. The van der Waals surface area contributed by atoms with Crippen LogP contribution >= 0.6 is 0 Å². The summed E-state index contributed by atoms with van der Waals surface area (Å²) in [6.45, 7) is 7.71. The molecule has 0 bridgehead atoms. The van der Waals surface area contributed by atoms with Gasteiger partial charge in [-0.1, -0.05) is 90.4 Å². The molecule has 0 spiro atoms. The fraction of sp³-hybridized carbons (Fsp3) is 1.00. The molecule has 0 atom stereocenters. The van der Waals surface area contributed by atoms with Crippen LogP contribution in [0, 0.1) is 0 Å². The first-order chi connectivity index (χ1) is 14.8. The summed E-state index contributed by atoms with van der Waals surface area (Å²) in [6.07, 6.45) is 20.4. The van der Waals surface area contributed by atoms with Crippen molar-refractivity contribution in [3.63, 3.8) is 0 Å². The van der Waals surface area contributed by atoms with E-state index in [0.29, 0.717) is 13.1 Å². The highest BCUT2D eigenvalue weighted by atomic mass is 16.3. The molecule has 5 nitrogen and oxygen atoms in total. The van der Waals surface area contributed by atoms with Crippen LogP contribution < -0.4 is 0 Å². The van der Waals surface area contributed by atoms with Gasteiger partial charge in [-0.15, -0.1) is 0 Å². The molecule has 0 aromatic carbocycles. The number of hydrogen-bond donors (Lipinski definition) is 3. The van der Waals surface area contributed by atoms with Crippen molar-refractivity contribution < 1.29 is 15.3 Å². The molecule has 0 radical (unpaired) electrons. The van der Waals surface area contributed by atoms with Gasteiger partial charge in [-0.3, -0.25) is 4.90 Å². The maximum Gasteiger partial charge on any atom is 0.0558 e. The molecular weight excluding hydrogens is 376 g/mol. The fourth-order valence-electron chi connectivity index (χ4n) is 4.14. The monoisotopic (exact) mass is 430 g/mol. The van der Waals surface area contributed by atoms with Crippen LogP contribution in [0.2, 0.25) is 0 Å². The Morgan fingerprint density at radius 3 is 1.03 bits per heavy atom. The summed E-state index contributed by atoms with van der Waals surface area (Å²) in [5, 5.41) is 27.5. The lowest BCUT2D eigenvalue weighted by molar-refractivity contribution is 0.147. The number of nitrogens with zero attached hydrogens (tertiary/aromatic N) is 2. The van der Waals surface area contributed by atoms with Gasteiger partial charge in [0.1, 0.15) is 0 Å². The SMILES string of the molecule is CCCCCCCCCCCCCCCCN(CCO)CCCN(CCO)CCO. The van der Waals surface area contributed by atoms with Crippen LogP contribution in [0.4, 0.5) is 0 Å². The molecule has 182 valence electrons. The zero-order valence-electron chi connectivity index (χ0n) is 20.2. The molecule has 0 amide bonds. The second kappa shape index (κ2) is 25.1. The third kappa shape index (κ3) is 21.0. The maximum absolute atomic E-state index is 9.31. The molecule has 0 rings (SSSR count). The maximum atomic E-state index is 9.31. The lowest BCUT2D eigenvalue weighted by Gasteiger charge is -2.24. The Bertz CT molecular complexity index is 313. The first-order valence-electron chi connectivity index (χ1n) is 13.1. The summed E-state index contributed by atoms with van der Waals surface area (Å²) in [7, 11) is 0. The van der Waals surface area contributed by atoms with Crippen LogP contribution in [0.1, 0.15) is 103 Å². The minimum atomic E-state index is 0.138. The summed E-state index contributed by atoms with van der Waals surface area (Å²) in [4.78, 5) is 4.46. The van der Waals surface area contributed by atoms with Gasteiger partial charge in [0, 0.05) is 19.6 Å². The van der Waals surface area contributed by atoms with Crippen molar-refractivity contribution in [2.24, 2.45) is 0 Å². The van der Waals surface area contributed by atoms with E-state index in [1.165, 1.54) is 89.9 Å². The summed E-state index contributed by atoms with van der Waals surface area (Å²) < 4.78 is 0. The molecule has 3 N–H and O–H groups in total. The Balaban J connectivity index is 3.54. The van der Waals surface area contributed by atoms with E-state index < -0.39 is 0 Å². The summed E-state index contributed by atoms with van der Waals surface area (Å²) in [6, 6.07) is 0. The topological polar surface area (TPSA) is 67.2 Å². The molecule has 30 heavy (non-hydrogen) atoms. The Morgan fingerprint density at radius 2 is 0.667 bits per heavy atom. The number of hydrogen-bond acceptors (Lipinski definition) is 5. The molecule has 0 saturated heterocycles. The standard InChI is InChI=1S/C25H54N2O3/c1-2-3-4-5-6-7-8-9-10-11-12-13-14-15-17-26(20-23-28)18-16-19-27(21-24-29)22-25-30/h28-30H,2-25H2,1H3. The van der Waals surface area contributed by atoms with Crippen LogP contribution in [0.25, 0.3) is 0 Å². The molecule has 0 unspecified atom stereocenters. The molecule has 5 heteroatoms. The summed E-state index contributed by atoms with van der Waals surface area (Å²) in [5.41, 5.74) is 0. The van der Waals surface area contributed by atoms with Crippen LogP contribution in [0.15, 0.2) is 0 Å². The molecule has 0 aliphatic rings. The van der Waals surface area contributed by atoms with Crippen molar-refractivity contribution in [3.05, 3.63) is 0 Å². The Morgan fingerprint density at radius 1 is 0.367 bits per heavy atom. The molecule has 0 aromatic rings. The number of aliphatic hydroxyl groups excluding tert-OH is 3. The highest BCUT2D eigenvalue weighted by Gasteiger charge is 2.07. The number of unbranched alkanes of at least 4 members (excludes halogenated alkanes) is 13. The van der Waals surface area contributed by atoms with Gasteiger partial charge in [0.15, 0.2) is 0 Å². The van der Waals surface area contributed by atoms with Gasteiger partial charge in [-0.2, -0.15) is 0 Å². The van der Waals surface area contributed by atoms with E-state index in [2.05, 4.69) is 16.7 Å². The van der Waals surface area contributed by atoms with Gasteiger partial charge in [0.2, 0.25) is 0 Å². The Labute approximate surface area is 187 Å². The van der Waals surface area contributed by atoms with E-state index in [1.54, 1.807) is 0 Å². The number of rotatable bonds is 25. The van der Waals surface area contributed by atoms with Crippen LogP contribution in [0.3, 0.4) is 0 Å². The quantitative estimate of drug-likeness (QED) is 0.187. The van der Waals surface area contributed by atoms with Crippen molar-refractivity contribution >= 4 is 0 Å². The average Bonchev–Trinajstić information content (AvgIpc) is 2.74. The molecule has 0 heterocycles. The lowest BCUT2D eigenvalue weighted by atomic mass is 10.0. The lowest BCUT2D eigenvalue weighted by Crippen LogP contribution is -2.35. The number of aliphatic hydroxyl groups is 3. The first kappa shape index (κ1) is 29.8. The van der Waals surface area contributed by atoms with Gasteiger partial charge >= 0.3 is 0 Å². The third-order valence-electron chi connectivity index (χ3n) is 6.03. The van der Waals surface area contributed by atoms with Gasteiger partial charge < -0.3 is 20.2 Å². The highest BCUT2D eigenvalue weighted by Crippen LogP contribution is 2.13. The van der Waals surface area contributed by atoms with E-state index in [1.807, 2.05) is 0 Å². The third-order valence-corrected chi connectivity index (χ3v) is 6.03. The van der Waals surface area contributed by atoms with Gasteiger partial charge in [0.05, 0.1) is 19.8 Å². The minimum absolute atomic E-state index is 0.138. The van der Waals surface area contributed by atoms with Crippen molar-refractivity contribution in [3.8, 4) is 0 Å². The van der Waals surface area contributed by atoms with Crippen molar-refractivity contribution in [1.29, 1.82) is 0 Å². The summed E-state index contributed by atoms with van der Waals surface area (Å²) in [5.74, 6) is 0. The van der Waals surface area contributed by atoms with E-state index in [9.17, 15) is 5.11 Å². The van der Waals surface area contributed by atoms with E-state index in [0.717, 1.165) is 32.6 Å². The normalized spacial score (nSPS) is 11.8. The second-order valence-electron chi connectivity index (χ2n) is 8.80. The molecule has 0 saturated carbocycles. The predicted molar refractivity (Wildman–Crippen MR) is 129 cm³/mol. The van der Waals surface area contributed by atoms with Crippen molar-refractivity contribution in [2.45, 2.75) is 103 Å². The Kier molecular flexibility index (Phi) is 24.9. The van der Waals surface area contributed by atoms with E-state index in [4.69, 9.17) is 10.2 Å². The first-order valence-corrected chi connectivity index (χ1v) is 13.1. The van der Waals surface area contributed by atoms with Gasteiger partial charge in [-0.05, 0) is 32.5 Å². The van der Waals surface area contributed by atoms with Gasteiger partial charge in [-0.25, -0.2) is 0 Å². The molecule has 0 fully saturated rings. The molecular formula is C25H54N2O3. The zero-order valence-corrected chi connectivity index (χ0v) is 20.2. The van der Waals surface area contributed by atoms with Crippen LogP contribution in [0.5, 0.6) is 0 Å². The molecule has 0 aromatic heterocycles. The van der Waals surface area contributed by atoms with Crippen LogP contribution in [-0.4, -0.2) is 84.2 Å². The molecule has 0 aliphatic heterocycles. The highest BCUT2D eigenvalue weighted by molar-refractivity contribution is 4.62. The van der Waals surface area contributed by atoms with Crippen LogP contribution in [-0.2, 0) is 0 Å². The molecule has 0 aliphatic carbocycles. The summed E-state index contributed by atoms with van der Waals surface area (Å²) >= 11 is 0. The largest absolute Gasteiger partial charge is 0.395 e. The van der Waals surface area contributed by atoms with E-state index in [-0.39, 0.29) is 19.8 Å². The van der Waals surface area contributed by atoms with Crippen molar-refractivity contribution in [1.82, 2.24) is 9.80 Å². The second-order valence-corrected chi connectivity index (χ2v) is 8.80. The predicted octanol–water partition coefficient (Wildman–Crippen LogP) is 4.44. The van der Waals surface area contributed by atoms with Crippen molar-refractivity contribution in [2.75, 3.05) is 59.1 Å². The average molecular weight is 431 g/mol. The Hall–Kier alpha value is -0.200.